The standard InChI is InChI=1S/C29H15Br3N2O2S4.BF2/c1-36-29(35)14-4-2-13(3-5-14)25(16-11-20-15(33-16)10-21(37-20)18-6-8-23(30)38-18)27-26(32)28-17(34-27)12-22(40-28)19-7-9-24(31)39-19;2-1-3/h2-12,33H,1H3;/b27-25-;. The van der Waals surface area contributed by atoms with Gasteiger partial charge in [0.15, 0.2) is 0 Å². The first-order valence-corrected chi connectivity index (χ1v) is 17.9. The molecule has 1 aliphatic rings. The van der Waals surface area contributed by atoms with Crippen LogP contribution in [0.3, 0.4) is 0 Å². The van der Waals surface area contributed by atoms with Crippen molar-refractivity contribution in [1.29, 1.82) is 0 Å². The topological polar surface area (TPSA) is 54.4 Å². The number of thiophene rings is 4. The van der Waals surface area contributed by atoms with Crippen LogP contribution in [0.5, 0.6) is 0 Å². The monoisotopic (exact) mass is 837 g/mol. The molecule has 0 saturated carbocycles. The third-order valence-electron chi connectivity index (χ3n) is 6.39. The number of hydrogen-bond donors (Lipinski definition) is 1. The van der Waals surface area contributed by atoms with Gasteiger partial charge in [-0.1, -0.05) is 12.1 Å². The van der Waals surface area contributed by atoms with Gasteiger partial charge < -0.3 is 9.72 Å². The first-order valence-electron chi connectivity index (χ1n) is 12.3. The number of esters is 1. The van der Waals surface area contributed by atoms with E-state index in [2.05, 4.69) is 95.2 Å². The van der Waals surface area contributed by atoms with Crippen LogP contribution in [0.2, 0.25) is 0 Å². The van der Waals surface area contributed by atoms with Crippen LogP contribution >= 0.6 is 93.1 Å². The third-order valence-corrected chi connectivity index (χ3v) is 13.3. The summed E-state index contributed by atoms with van der Waals surface area (Å²) in [6.07, 6.45) is 0. The maximum Gasteiger partial charge on any atom is 0.577 e. The van der Waals surface area contributed by atoms with Crippen LogP contribution in [-0.2, 0) is 4.74 Å². The number of ether oxygens (including phenoxy) is 1. The molecule has 1 aromatic carbocycles. The normalized spacial score (nSPS) is 13.4. The molecule has 4 nitrogen and oxygen atoms in total. The largest absolute Gasteiger partial charge is 0.577 e. The van der Waals surface area contributed by atoms with E-state index < -0.39 is 7.83 Å². The second kappa shape index (κ2) is 13.0. The van der Waals surface area contributed by atoms with Crippen LogP contribution in [-0.4, -0.2) is 25.9 Å². The van der Waals surface area contributed by atoms with Crippen molar-refractivity contribution in [1.82, 2.24) is 4.98 Å². The summed E-state index contributed by atoms with van der Waals surface area (Å²) in [5, 5.41) is 0.953. The van der Waals surface area contributed by atoms with Crippen LogP contribution in [0.1, 0.15) is 21.6 Å². The molecule has 0 fully saturated rings. The molecule has 43 heavy (non-hydrogen) atoms. The lowest BCUT2D eigenvalue weighted by molar-refractivity contribution is 0.0600. The van der Waals surface area contributed by atoms with E-state index in [0.717, 1.165) is 50.0 Å². The fraction of sp³-hybridized carbons (Fsp3) is 0.0345. The Bertz CT molecular complexity index is 2110. The third kappa shape index (κ3) is 6.20. The van der Waals surface area contributed by atoms with E-state index in [4.69, 9.17) is 9.73 Å². The zero-order valence-electron chi connectivity index (χ0n) is 21.7. The number of hydrogen-bond acceptors (Lipinski definition) is 7. The fourth-order valence-corrected chi connectivity index (χ4v) is 10.3. The van der Waals surface area contributed by atoms with Crippen LogP contribution in [0.15, 0.2) is 85.0 Å². The summed E-state index contributed by atoms with van der Waals surface area (Å²) in [5.74, 6) is -0.359. The van der Waals surface area contributed by atoms with Crippen LogP contribution < -0.4 is 9.89 Å². The Hall–Kier alpha value is -2.20. The van der Waals surface area contributed by atoms with Crippen molar-refractivity contribution in [3.8, 4) is 19.5 Å². The first kappa shape index (κ1) is 30.8. The van der Waals surface area contributed by atoms with Gasteiger partial charge in [-0.25, -0.2) is 9.79 Å². The lowest BCUT2D eigenvalue weighted by atomic mass is 9.99. The number of aromatic amines is 1. The molecule has 14 heteroatoms. The van der Waals surface area contributed by atoms with Crippen molar-refractivity contribution in [2.24, 2.45) is 4.99 Å². The lowest BCUT2D eigenvalue weighted by Gasteiger charge is -2.11. The summed E-state index contributed by atoms with van der Waals surface area (Å²) < 4.78 is 29.4. The molecule has 1 N–H and O–H groups in total. The smallest absolute Gasteiger partial charge is 0.465 e. The molecule has 215 valence electrons. The predicted molar refractivity (Wildman–Crippen MR) is 187 cm³/mol. The Balaban J connectivity index is 0.00000105. The highest BCUT2D eigenvalue weighted by Gasteiger charge is 2.23. The van der Waals surface area contributed by atoms with Crippen molar-refractivity contribution in [2.45, 2.75) is 0 Å². The van der Waals surface area contributed by atoms with Gasteiger partial charge >= 0.3 is 13.8 Å². The average Bonchev–Trinajstić information content (AvgIpc) is 3.83. The van der Waals surface area contributed by atoms with Crippen LogP contribution in [0, 0.1) is 0 Å². The average molecular weight is 840 g/mol. The molecule has 1 radical (unpaired) electrons. The Morgan fingerprint density at radius 1 is 0.814 bits per heavy atom. The van der Waals surface area contributed by atoms with Gasteiger partial charge in [0.1, 0.15) is 0 Å². The van der Waals surface area contributed by atoms with Gasteiger partial charge in [0.25, 0.3) is 0 Å². The van der Waals surface area contributed by atoms with Crippen LogP contribution in [0.25, 0.3) is 39.8 Å². The molecule has 0 spiro atoms. The summed E-state index contributed by atoms with van der Waals surface area (Å²) in [7, 11) is 0.392. The Kier molecular flexibility index (Phi) is 9.34. The van der Waals surface area contributed by atoms with E-state index in [-0.39, 0.29) is 5.97 Å². The van der Waals surface area contributed by atoms with Crippen LogP contribution in [0.4, 0.5) is 8.63 Å². The molecule has 1 aliphatic heterocycles. The number of fused-ring (bicyclic) bond motifs is 2. The van der Waals surface area contributed by atoms with E-state index in [1.165, 1.54) is 31.3 Å². The summed E-state index contributed by atoms with van der Waals surface area (Å²) in [6.45, 7) is 0. The van der Waals surface area contributed by atoms with Gasteiger partial charge in [-0.2, -0.15) is 0 Å². The molecule has 0 atom stereocenters. The second-order valence-corrected chi connectivity index (χ2v) is 16.8. The minimum absolute atomic E-state index is 0.359. The number of H-pyrrole nitrogens is 1. The zero-order valence-corrected chi connectivity index (χ0v) is 29.7. The molecule has 0 saturated heterocycles. The van der Waals surface area contributed by atoms with Gasteiger partial charge in [0, 0.05) is 25.1 Å². The van der Waals surface area contributed by atoms with Gasteiger partial charge in [-0.05, 0) is 108 Å². The summed E-state index contributed by atoms with van der Waals surface area (Å²) in [4.78, 5) is 25.7. The van der Waals surface area contributed by atoms with Crippen molar-refractivity contribution >= 4 is 127 Å². The number of carbonyl (C=O) groups excluding carboxylic acids is 1. The first-order chi connectivity index (χ1) is 20.8. The Morgan fingerprint density at radius 3 is 1.95 bits per heavy atom. The summed E-state index contributed by atoms with van der Waals surface area (Å²) >= 11 is 18.0. The Labute approximate surface area is 286 Å². The summed E-state index contributed by atoms with van der Waals surface area (Å²) in [5.41, 5.74) is 5.35. The van der Waals surface area contributed by atoms with E-state index in [1.807, 2.05) is 12.1 Å². The molecule has 6 heterocycles. The zero-order chi connectivity index (χ0) is 30.2. The molecule has 0 amide bonds. The quantitative estimate of drug-likeness (QED) is 0.139. The number of halogens is 5. The van der Waals surface area contributed by atoms with E-state index in [9.17, 15) is 13.4 Å². The van der Waals surface area contributed by atoms with E-state index >= 15 is 0 Å². The van der Waals surface area contributed by atoms with E-state index in [1.54, 1.807) is 57.5 Å². The van der Waals surface area contributed by atoms with Gasteiger partial charge in [0.05, 0.1) is 56.2 Å². The van der Waals surface area contributed by atoms with E-state index in [0.29, 0.717) is 5.56 Å². The molecule has 7 rings (SSSR count). The second-order valence-electron chi connectivity index (χ2n) is 8.90. The van der Waals surface area contributed by atoms with Crippen molar-refractivity contribution in [2.75, 3.05) is 7.11 Å². The molecular formula is C29H15BBr3F2N2O2S4. The van der Waals surface area contributed by atoms with Crippen molar-refractivity contribution in [3.63, 3.8) is 0 Å². The Morgan fingerprint density at radius 2 is 1.42 bits per heavy atom. The number of carbonyl (C=O) groups is 1. The highest BCUT2D eigenvalue weighted by Crippen LogP contribution is 2.42. The molecule has 0 unspecified atom stereocenters. The number of methoxy groups -OCH3 is 1. The molecule has 6 aromatic rings. The minimum atomic E-state index is -1.00. The van der Waals surface area contributed by atoms with Crippen molar-refractivity contribution in [3.05, 3.63) is 107 Å². The molecule has 5 aromatic heterocycles. The highest BCUT2D eigenvalue weighted by atomic mass is 79.9. The number of nitrogens with one attached hydrogen (secondary N) is 1. The molecule has 0 aliphatic carbocycles. The number of benzene rings is 1. The number of rotatable bonds is 5. The number of aromatic nitrogens is 1. The predicted octanol–water partition coefficient (Wildman–Crippen LogP) is 10.1. The summed E-state index contributed by atoms with van der Waals surface area (Å²) in [6, 6.07) is 22.5. The highest BCUT2D eigenvalue weighted by molar-refractivity contribution is 9.15. The number of allylic oxidation sites excluding steroid dienone is 1. The lowest BCUT2D eigenvalue weighted by Crippen LogP contribution is -2.13. The maximum atomic E-state index is 12.1. The minimum Gasteiger partial charge on any atom is -0.465 e. The number of nitrogens with zero attached hydrogens (tertiary/aromatic N) is 1. The molecular weight excluding hydrogens is 825 g/mol. The fourth-order valence-electron chi connectivity index (χ4n) is 4.57. The van der Waals surface area contributed by atoms with Gasteiger partial charge in [0.2, 0.25) is 0 Å². The molecule has 0 bridgehead atoms. The maximum absolute atomic E-state index is 12.1. The van der Waals surface area contributed by atoms with Crippen molar-refractivity contribution < 1.29 is 18.2 Å². The van der Waals surface area contributed by atoms with Gasteiger partial charge in [-0.3, -0.25) is 8.63 Å². The van der Waals surface area contributed by atoms with Gasteiger partial charge in [-0.15, -0.1) is 45.3 Å². The SMILES string of the molecule is COC(=O)c1ccc(/C(=C2/N=c3cc(-c4ccc(Br)s4)sc3=C2Br)c2cc3sc(-c4ccc(Br)s4)cc3[nH]2)cc1.F[B]F.